The molecule has 0 spiro atoms. The van der Waals surface area contributed by atoms with E-state index in [1.54, 1.807) is 12.4 Å². The Morgan fingerprint density at radius 3 is 2.50 bits per heavy atom. The number of nitrogens with one attached hydrogen (secondary N) is 1. The summed E-state index contributed by atoms with van der Waals surface area (Å²) in [6.07, 6.45) is 3.35. The van der Waals surface area contributed by atoms with Gasteiger partial charge in [-0.2, -0.15) is 0 Å². The average Bonchev–Trinajstić information content (AvgIpc) is 2.38. The Bertz CT molecular complexity index is 390. The fraction of sp³-hybridized carbons (Fsp3) is 0.615. The average molecular weight is 250 g/mol. The highest BCUT2D eigenvalue weighted by Crippen LogP contribution is 2.11. The van der Waals surface area contributed by atoms with Gasteiger partial charge < -0.3 is 10.2 Å². The van der Waals surface area contributed by atoms with Crippen molar-refractivity contribution >= 4 is 5.91 Å². The van der Waals surface area contributed by atoms with Crippen LogP contribution < -0.4 is 5.32 Å². The van der Waals surface area contributed by atoms with Crippen molar-refractivity contribution in [2.45, 2.75) is 33.7 Å². The van der Waals surface area contributed by atoms with Crippen LogP contribution in [0.3, 0.4) is 0 Å². The summed E-state index contributed by atoms with van der Waals surface area (Å²) in [6, 6.07) is 0.0261. The maximum Gasteiger partial charge on any atom is 0.236 e. The molecule has 0 aliphatic rings. The number of likely N-dealkylation sites (N-methyl/N-ethyl adjacent to an activating group) is 1. The molecule has 0 aliphatic carbocycles. The third kappa shape index (κ3) is 3.77. The van der Waals surface area contributed by atoms with Gasteiger partial charge in [0.2, 0.25) is 5.91 Å². The summed E-state index contributed by atoms with van der Waals surface area (Å²) in [5.41, 5.74) is 1.79. The van der Waals surface area contributed by atoms with Crippen LogP contribution in [0.4, 0.5) is 0 Å². The highest BCUT2D eigenvalue weighted by molar-refractivity contribution is 5.78. The van der Waals surface area contributed by atoms with Crippen molar-refractivity contribution in [1.29, 1.82) is 0 Å². The fourth-order valence-corrected chi connectivity index (χ4v) is 1.87. The fourth-order valence-electron chi connectivity index (χ4n) is 1.87. The standard InChI is InChI=1S/C13H22N4O/c1-5-17(6-2)12(18)9-16-11(4)13-10(3)14-7-8-15-13/h7-8,11,16H,5-6,9H2,1-4H3. The summed E-state index contributed by atoms with van der Waals surface area (Å²) in [4.78, 5) is 22.2. The van der Waals surface area contributed by atoms with Gasteiger partial charge in [0.25, 0.3) is 0 Å². The number of hydrogen-bond acceptors (Lipinski definition) is 4. The van der Waals surface area contributed by atoms with E-state index in [2.05, 4.69) is 15.3 Å². The van der Waals surface area contributed by atoms with Gasteiger partial charge in [-0.3, -0.25) is 14.8 Å². The second-order valence-corrected chi connectivity index (χ2v) is 4.20. The largest absolute Gasteiger partial charge is 0.342 e. The van der Waals surface area contributed by atoms with E-state index in [0.717, 1.165) is 24.5 Å². The molecule has 5 heteroatoms. The number of rotatable bonds is 6. The third-order valence-corrected chi connectivity index (χ3v) is 3.00. The maximum atomic E-state index is 11.9. The highest BCUT2D eigenvalue weighted by Gasteiger charge is 2.14. The van der Waals surface area contributed by atoms with E-state index < -0.39 is 0 Å². The minimum atomic E-state index is 0.0261. The van der Waals surface area contributed by atoms with Gasteiger partial charge in [0, 0.05) is 31.5 Å². The van der Waals surface area contributed by atoms with E-state index in [-0.39, 0.29) is 11.9 Å². The van der Waals surface area contributed by atoms with E-state index in [1.807, 2.05) is 32.6 Å². The molecule has 0 fully saturated rings. The van der Waals surface area contributed by atoms with Crippen molar-refractivity contribution in [2.75, 3.05) is 19.6 Å². The summed E-state index contributed by atoms with van der Waals surface area (Å²) in [5.74, 6) is 0.119. The molecule has 1 rings (SSSR count). The molecule has 18 heavy (non-hydrogen) atoms. The third-order valence-electron chi connectivity index (χ3n) is 3.00. The van der Waals surface area contributed by atoms with Gasteiger partial charge in [-0.05, 0) is 27.7 Å². The number of aromatic nitrogens is 2. The molecule has 1 aromatic rings. The molecule has 1 amide bonds. The minimum Gasteiger partial charge on any atom is -0.342 e. The molecule has 5 nitrogen and oxygen atoms in total. The molecule has 1 N–H and O–H groups in total. The maximum absolute atomic E-state index is 11.9. The van der Waals surface area contributed by atoms with Crippen molar-refractivity contribution in [2.24, 2.45) is 0 Å². The summed E-state index contributed by atoms with van der Waals surface area (Å²) in [7, 11) is 0. The van der Waals surface area contributed by atoms with Gasteiger partial charge in [-0.15, -0.1) is 0 Å². The SMILES string of the molecule is CCN(CC)C(=O)CNC(C)c1nccnc1C. The Kier molecular flexibility index (Phi) is 5.71. The molecule has 1 heterocycles. The topological polar surface area (TPSA) is 58.1 Å². The second-order valence-electron chi connectivity index (χ2n) is 4.20. The highest BCUT2D eigenvalue weighted by atomic mass is 16.2. The van der Waals surface area contributed by atoms with Crippen LogP contribution in [0.2, 0.25) is 0 Å². The van der Waals surface area contributed by atoms with E-state index in [1.165, 1.54) is 0 Å². The van der Waals surface area contributed by atoms with Crippen molar-refractivity contribution in [1.82, 2.24) is 20.2 Å². The van der Waals surface area contributed by atoms with Gasteiger partial charge in [-0.25, -0.2) is 0 Å². The lowest BCUT2D eigenvalue weighted by Gasteiger charge is -2.20. The lowest BCUT2D eigenvalue weighted by Crippen LogP contribution is -2.38. The van der Waals surface area contributed by atoms with E-state index >= 15 is 0 Å². The molecule has 0 saturated carbocycles. The lowest BCUT2D eigenvalue weighted by atomic mass is 10.2. The summed E-state index contributed by atoms with van der Waals surface area (Å²) < 4.78 is 0. The monoisotopic (exact) mass is 250 g/mol. The Labute approximate surface area is 109 Å². The summed E-state index contributed by atoms with van der Waals surface area (Å²) in [5, 5.41) is 3.19. The number of aryl methyl sites for hydroxylation is 1. The van der Waals surface area contributed by atoms with Gasteiger partial charge in [0.05, 0.1) is 17.9 Å². The van der Waals surface area contributed by atoms with Crippen molar-refractivity contribution in [3.63, 3.8) is 0 Å². The smallest absolute Gasteiger partial charge is 0.236 e. The Morgan fingerprint density at radius 1 is 1.33 bits per heavy atom. The first-order chi connectivity index (χ1) is 8.60. The molecule has 1 atom stereocenters. The Hall–Kier alpha value is -1.49. The van der Waals surface area contributed by atoms with Crippen molar-refractivity contribution in [3.05, 3.63) is 23.8 Å². The van der Waals surface area contributed by atoms with Gasteiger partial charge >= 0.3 is 0 Å². The normalized spacial score (nSPS) is 12.2. The predicted octanol–water partition coefficient (Wildman–Crippen LogP) is 1.30. The van der Waals surface area contributed by atoms with Crippen molar-refractivity contribution in [3.8, 4) is 0 Å². The molecular formula is C13H22N4O. The number of nitrogens with zero attached hydrogens (tertiary/aromatic N) is 3. The molecule has 0 aromatic carbocycles. The van der Waals surface area contributed by atoms with Crippen LogP contribution in [0, 0.1) is 6.92 Å². The Balaban J connectivity index is 2.54. The molecule has 100 valence electrons. The summed E-state index contributed by atoms with van der Waals surface area (Å²) >= 11 is 0. The Morgan fingerprint density at radius 2 is 1.94 bits per heavy atom. The van der Waals surface area contributed by atoms with Crippen LogP contribution in [-0.4, -0.2) is 40.4 Å². The number of carbonyl (C=O) groups excluding carboxylic acids is 1. The number of carbonyl (C=O) groups is 1. The zero-order valence-corrected chi connectivity index (χ0v) is 11.6. The first-order valence-electron chi connectivity index (χ1n) is 6.38. The molecule has 0 bridgehead atoms. The first-order valence-corrected chi connectivity index (χ1v) is 6.38. The van der Waals surface area contributed by atoms with Crippen LogP contribution in [-0.2, 0) is 4.79 Å². The molecule has 1 unspecified atom stereocenters. The van der Waals surface area contributed by atoms with Gasteiger partial charge in [0.15, 0.2) is 0 Å². The molecule has 0 saturated heterocycles. The van der Waals surface area contributed by atoms with Crippen LogP contribution in [0.5, 0.6) is 0 Å². The molecule has 0 radical (unpaired) electrons. The van der Waals surface area contributed by atoms with Crippen LogP contribution in [0.15, 0.2) is 12.4 Å². The van der Waals surface area contributed by atoms with Crippen LogP contribution >= 0.6 is 0 Å². The zero-order valence-electron chi connectivity index (χ0n) is 11.6. The van der Waals surface area contributed by atoms with E-state index in [0.29, 0.717) is 6.54 Å². The molecule has 0 aliphatic heterocycles. The molecular weight excluding hydrogens is 228 g/mol. The van der Waals surface area contributed by atoms with Crippen LogP contribution in [0.25, 0.3) is 0 Å². The number of hydrogen-bond donors (Lipinski definition) is 1. The predicted molar refractivity (Wildman–Crippen MR) is 71.1 cm³/mol. The zero-order chi connectivity index (χ0) is 13.5. The second kappa shape index (κ2) is 7.06. The quantitative estimate of drug-likeness (QED) is 0.827. The van der Waals surface area contributed by atoms with Crippen LogP contribution in [0.1, 0.15) is 38.2 Å². The summed E-state index contributed by atoms with van der Waals surface area (Å²) in [6.45, 7) is 9.71. The van der Waals surface area contributed by atoms with Gasteiger partial charge in [0.1, 0.15) is 0 Å². The van der Waals surface area contributed by atoms with E-state index in [4.69, 9.17) is 0 Å². The molecule has 1 aromatic heterocycles. The van der Waals surface area contributed by atoms with Gasteiger partial charge in [-0.1, -0.05) is 0 Å². The van der Waals surface area contributed by atoms with Crippen molar-refractivity contribution < 1.29 is 4.79 Å². The lowest BCUT2D eigenvalue weighted by molar-refractivity contribution is -0.129. The first kappa shape index (κ1) is 14.6. The minimum absolute atomic E-state index is 0.0261. The number of amides is 1. The van der Waals surface area contributed by atoms with E-state index in [9.17, 15) is 4.79 Å².